The van der Waals surface area contributed by atoms with Crippen LogP contribution in [0.2, 0.25) is 0 Å². The molecule has 3 N–H and O–H groups in total. The molecular weight excluding hydrogens is 427 g/mol. The zero-order valence-electron chi connectivity index (χ0n) is 18.6. The first-order valence-corrected chi connectivity index (χ1v) is 11.2. The third-order valence-electron chi connectivity index (χ3n) is 5.83. The van der Waals surface area contributed by atoms with Gasteiger partial charge in [-0.1, -0.05) is 19.1 Å². The Labute approximate surface area is 192 Å². The fraction of sp³-hybridized carbons (Fsp3) is 0.400. The molecule has 1 fully saturated rings. The first kappa shape index (κ1) is 24.2. The first-order chi connectivity index (χ1) is 15.9. The largest absolute Gasteiger partial charge is 0.490 e. The number of ether oxygens (including phenoxy) is 1. The number of carbonyl (C=O) groups excluding carboxylic acids is 2. The minimum Gasteiger partial charge on any atom is -0.490 e. The van der Waals surface area contributed by atoms with E-state index in [-0.39, 0.29) is 36.6 Å². The predicted molar refractivity (Wildman–Crippen MR) is 121 cm³/mol. The van der Waals surface area contributed by atoms with Gasteiger partial charge in [-0.15, -0.1) is 0 Å². The molecule has 7 nitrogen and oxygen atoms in total. The lowest BCUT2D eigenvalue weighted by atomic mass is 9.87. The average Bonchev–Trinajstić information content (AvgIpc) is 2.82. The molecule has 0 bridgehead atoms. The van der Waals surface area contributed by atoms with Crippen LogP contribution in [0.15, 0.2) is 42.5 Å². The van der Waals surface area contributed by atoms with E-state index in [1.165, 1.54) is 18.2 Å². The maximum Gasteiger partial charge on any atom is 0.306 e. The molecule has 33 heavy (non-hydrogen) atoms. The predicted octanol–water partition coefficient (Wildman–Crippen LogP) is 3.57. The van der Waals surface area contributed by atoms with Crippen molar-refractivity contribution in [3.63, 3.8) is 0 Å². The second-order valence-electron chi connectivity index (χ2n) is 8.13. The third kappa shape index (κ3) is 6.78. The highest BCUT2D eigenvalue weighted by atomic mass is 19.1. The van der Waals surface area contributed by atoms with Gasteiger partial charge in [0.25, 0.3) is 11.8 Å². The molecule has 8 heteroatoms. The lowest BCUT2D eigenvalue weighted by Gasteiger charge is -2.26. The first-order valence-electron chi connectivity index (χ1n) is 11.2. The molecule has 0 atom stereocenters. The molecule has 2 aromatic rings. The van der Waals surface area contributed by atoms with E-state index in [4.69, 9.17) is 9.84 Å². The fourth-order valence-electron chi connectivity index (χ4n) is 3.81. The van der Waals surface area contributed by atoms with Crippen LogP contribution in [0.25, 0.3) is 0 Å². The van der Waals surface area contributed by atoms with Gasteiger partial charge in [0.1, 0.15) is 11.6 Å². The number of hydrogen-bond acceptors (Lipinski definition) is 4. The molecule has 0 heterocycles. The van der Waals surface area contributed by atoms with Crippen molar-refractivity contribution in [3.8, 4) is 5.75 Å². The summed E-state index contributed by atoms with van der Waals surface area (Å²) in [6.45, 7) is 2.40. The molecule has 176 valence electrons. The summed E-state index contributed by atoms with van der Waals surface area (Å²) in [4.78, 5) is 35.5. The molecule has 1 aliphatic rings. The van der Waals surface area contributed by atoms with Crippen LogP contribution >= 0.6 is 0 Å². The number of halogens is 1. The van der Waals surface area contributed by atoms with E-state index in [1.54, 1.807) is 12.1 Å². The number of nitrogens with one attached hydrogen (secondary N) is 2. The van der Waals surface area contributed by atoms with Crippen molar-refractivity contribution in [3.05, 3.63) is 65.0 Å². The van der Waals surface area contributed by atoms with Crippen molar-refractivity contribution in [2.45, 2.75) is 45.1 Å². The summed E-state index contributed by atoms with van der Waals surface area (Å²) in [5.74, 6) is -2.35. The molecule has 2 aromatic carbocycles. The number of aryl methyl sites for hydroxylation is 1. The summed E-state index contributed by atoms with van der Waals surface area (Å²) in [5, 5.41) is 14.4. The second kappa shape index (κ2) is 11.4. The highest BCUT2D eigenvalue weighted by Gasteiger charge is 2.27. The van der Waals surface area contributed by atoms with Crippen molar-refractivity contribution in [2.24, 2.45) is 5.92 Å². The van der Waals surface area contributed by atoms with Crippen LogP contribution in [-0.2, 0) is 11.2 Å². The molecule has 2 amide bonds. The summed E-state index contributed by atoms with van der Waals surface area (Å²) in [7, 11) is 0. The number of rotatable bonds is 9. The van der Waals surface area contributed by atoms with Crippen LogP contribution < -0.4 is 15.4 Å². The van der Waals surface area contributed by atoms with E-state index in [0.717, 1.165) is 12.0 Å². The van der Waals surface area contributed by atoms with E-state index in [1.807, 2.05) is 19.1 Å². The molecule has 0 unspecified atom stereocenters. The Morgan fingerprint density at radius 3 is 2.18 bits per heavy atom. The van der Waals surface area contributed by atoms with Crippen LogP contribution in [0.3, 0.4) is 0 Å². The van der Waals surface area contributed by atoms with E-state index in [2.05, 4.69) is 10.6 Å². The third-order valence-corrected chi connectivity index (χ3v) is 5.83. The fourth-order valence-corrected chi connectivity index (χ4v) is 3.81. The van der Waals surface area contributed by atoms with Crippen molar-refractivity contribution >= 4 is 17.8 Å². The van der Waals surface area contributed by atoms with Gasteiger partial charge in [0.05, 0.1) is 17.6 Å². The highest BCUT2D eigenvalue weighted by Crippen LogP contribution is 2.28. The maximum absolute atomic E-state index is 14.5. The van der Waals surface area contributed by atoms with E-state index >= 15 is 0 Å². The minimum atomic E-state index is -0.792. The van der Waals surface area contributed by atoms with Crippen LogP contribution in [0.5, 0.6) is 5.75 Å². The summed E-state index contributed by atoms with van der Waals surface area (Å²) in [5.41, 5.74) is 1.57. The lowest BCUT2D eigenvalue weighted by Crippen LogP contribution is -2.35. The Balaban J connectivity index is 1.43. The van der Waals surface area contributed by atoms with Crippen molar-refractivity contribution in [2.75, 3.05) is 13.1 Å². The van der Waals surface area contributed by atoms with E-state index in [9.17, 15) is 18.8 Å². The second-order valence-corrected chi connectivity index (χ2v) is 8.13. The molecule has 0 radical (unpaired) electrons. The normalized spacial score (nSPS) is 17.8. The van der Waals surface area contributed by atoms with Gasteiger partial charge in [-0.3, -0.25) is 14.4 Å². The molecule has 0 saturated heterocycles. The number of carboxylic acids is 1. The van der Waals surface area contributed by atoms with Gasteiger partial charge in [0.15, 0.2) is 0 Å². The zero-order valence-corrected chi connectivity index (χ0v) is 18.6. The van der Waals surface area contributed by atoms with E-state index in [0.29, 0.717) is 37.0 Å². The Morgan fingerprint density at radius 2 is 1.61 bits per heavy atom. The standard InChI is InChI=1S/C25H29FN2O5/c1-2-16-3-5-17(6-4-16)23(29)27-13-14-28-24(30)21-12-11-20(15-22(21)26)33-19-9-7-18(8-10-19)25(31)32/h3-6,11-12,15,18-19H,2,7-10,13-14H2,1H3,(H,27,29)(H,28,30)(H,31,32)/t18-,19+. The quantitative estimate of drug-likeness (QED) is 0.501. The Hall–Kier alpha value is -3.42. The molecule has 0 aliphatic heterocycles. The van der Waals surface area contributed by atoms with Crippen LogP contribution in [0.4, 0.5) is 4.39 Å². The Kier molecular flexibility index (Phi) is 8.40. The molecule has 1 aliphatic carbocycles. The number of hydrogen-bond donors (Lipinski definition) is 3. The Morgan fingerprint density at radius 1 is 0.970 bits per heavy atom. The molecule has 0 aromatic heterocycles. The number of aliphatic carboxylic acids is 1. The summed E-state index contributed by atoms with van der Waals surface area (Å²) < 4.78 is 20.2. The van der Waals surface area contributed by atoms with Crippen LogP contribution in [-0.4, -0.2) is 42.1 Å². The van der Waals surface area contributed by atoms with Crippen LogP contribution in [0, 0.1) is 11.7 Å². The van der Waals surface area contributed by atoms with Gasteiger partial charge in [0, 0.05) is 24.7 Å². The van der Waals surface area contributed by atoms with Gasteiger partial charge in [-0.2, -0.15) is 0 Å². The average molecular weight is 457 g/mol. The molecular formula is C25H29FN2O5. The summed E-state index contributed by atoms with van der Waals surface area (Å²) in [6.07, 6.45) is 2.98. The van der Waals surface area contributed by atoms with Gasteiger partial charge >= 0.3 is 5.97 Å². The molecule has 0 spiro atoms. The van der Waals surface area contributed by atoms with Crippen molar-refractivity contribution < 1.29 is 28.6 Å². The summed E-state index contributed by atoms with van der Waals surface area (Å²) in [6, 6.07) is 11.4. The van der Waals surface area contributed by atoms with Crippen LogP contribution in [0.1, 0.15) is 58.9 Å². The molecule has 1 saturated carbocycles. The van der Waals surface area contributed by atoms with E-state index < -0.39 is 17.7 Å². The number of amides is 2. The summed E-state index contributed by atoms with van der Waals surface area (Å²) >= 11 is 0. The van der Waals surface area contributed by atoms with Gasteiger partial charge in [0.2, 0.25) is 0 Å². The SMILES string of the molecule is CCc1ccc(C(=O)NCCNC(=O)c2ccc(O[C@H]3CC[C@@H](C(=O)O)CC3)cc2F)cc1. The van der Waals surface area contributed by atoms with Gasteiger partial charge in [-0.25, -0.2) is 4.39 Å². The minimum absolute atomic E-state index is 0.113. The zero-order chi connectivity index (χ0) is 23.8. The number of carbonyl (C=O) groups is 3. The maximum atomic E-state index is 14.5. The lowest BCUT2D eigenvalue weighted by molar-refractivity contribution is -0.143. The highest BCUT2D eigenvalue weighted by molar-refractivity contribution is 5.95. The smallest absolute Gasteiger partial charge is 0.306 e. The van der Waals surface area contributed by atoms with Crippen molar-refractivity contribution in [1.82, 2.24) is 10.6 Å². The Bertz CT molecular complexity index is 985. The molecule has 3 rings (SSSR count). The van der Waals surface area contributed by atoms with Crippen molar-refractivity contribution in [1.29, 1.82) is 0 Å². The van der Waals surface area contributed by atoms with Gasteiger partial charge < -0.3 is 20.5 Å². The monoisotopic (exact) mass is 456 g/mol. The van der Waals surface area contributed by atoms with Gasteiger partial charge in [-0.05, 0) is 61.9 Å². The topological polar surface area (TPSA) is 105 Å². The number of carboxylic acid groups (broad SMARTS) is 1. The number of benzene rings is 2.